The minimum absolute atomic E-state index is 0.233. The van der Waals surface area contributed by atoms with Gasteiger partial charge in [-0.15, -0.1) is 9.24 Å². The molecule has 1 atom stereocenters. The van der Waals surface area contributed by atoms with Crippen LogP contribution in [0, 0.1) is 47.3 Å². The molecule has 0 saturated heterocycles. The van der Waals surface area contributed by atoms with Crippen LogP contribution in [-0.4, -0.2) is 21.3 Å². The number of pyridine rings is 2. The fraction of sp³-hybridized carbons (Fsp3) is 0.440. The molecule has 0 N–H and O–H groups in total. The van der Waals surface area contributed by atoms with E-state index >= 15 is 0 Å². The summed E-state index contributed by atoms with van der Waals surface area (Å²) in [7, 11) is 3.13. The van der Waals surface area contributed by atoms with Crippen molar-refractivity contribution >= 4 is 17.2 Å². The lowest BCUT2D eigenvalue weighted by molar-refractivity contribution is 0.0129. The largest absolute Gasteiger partial charge is 0.260 e. The third-order valence-electron chi connectivity index (χ3n) is 15.4. The highest BCUT2D eigenvalue weighted by molar-refractivity contribution is 7.58. The Morgan fingerprint density at radius 3 is 1.31 bits per heavy atom. The average molecular weight is 745 g/mol. The number of hydrogen-bond acceptors (Lipinski definition) is 2. The van der Waals surface area contributed by atoms with Gasteiger partial charge in [-0.3, -0.25) is 9.97 Å². The highest BCUT2D eigenvalue weighted by atomic mass is 31.1. The molecule has 2 nitrogen and oxygen atoms in total. The summed E-state index contributed by atoms with van der Waals surface area (Å²) in [6, 6.07) is 40.6. The lowest BCUT2D eigenvalue weighted by atomic mass is 9.55. The van der Waals surface area contributed by atoms with Crippen LogP contribution in [0.1, 0.15) is 86.7 Å². The Morgan fingerprint density at radius 2 is 0.907 bits per heavy atom. The maximum atomic E-state index is 5.15. The summed E-state index contributed by atoms with van der Waals surface area (Å²) >= 11 is 0. The normalized spacial score (nSPS) is 32.5. The van der Waals surface area contributed by atoms with Gasteiger partial charge in [-0.25, -0.2) is 0 Å². The molecule has 8 aliphatic carbocycles. The molecule has 1 unspecified atom stereocenters. The number of hydrogen-bond donors (Lipinski definition) is 0. The molecule has 0 amide bonds. The van der Waals surface area contributed by atoms with E-state index < -0.39 is 5.16 Å². The Balaban J connectivity index is 1.15. The van der Waals surface area contributed by atoms with Crippen molar-refractivity contribution in [3.8, 4) is 22.3 Å². The molecular weight excluding hydrogens is 691 g/mol. The molecule has 2 heterocycles. The summed E-state index contributed by atoms with van der Waals surface area (Å²) in [5, 5.41) is -0.592. The number of benzene rings is 3. The molecule has 3 aromatic carbocycles. The van der Waals surface area contributed by atoms with Gasteiger partial charge >= 0.3 is 0 Å². The second kappa shape index (κ2) is 13.8. The van der Waals surface area contributed by atoms with Gasteiger partial charge in [-0.05, 0) is 199 Å². The van der Waals surface area contributed by atoms with Crippen LogP contribution >= 0.6 is 17.2 Å². The van der Waals surface area contributed by atoms with Crippen molar-refractivity contribution in [3.05, 3.63) is 144 Å². The van der Waals surface area contributed by atoms with E-state index in [1.54, 1.807) is 5.56 Å². The van der Waals surface area contributed by atoms with Gasteiger partial charge in [0.1, 0.15) is 0 Å². The van der Waals surface area contributed by atoms with Crippen LogP contribution in [-0.2, 0) is 11.3 Å². The molecule has 8 aliphatic rings. The van der Waals surface area contributed by atoms with Gasteiger partial charge in [-0.1, -0.05) is 80.7 Å². The topological polar surface area (TPSA) is 25.8 Å². The van der Waals surface area contributed by atoms with E-state index in [-0.39, 0.29) is 7.92 Å². The molecular formula is C50H54N2P2. The second-order valence-corrected chi connectivity index (χ2v) is 21.9. The smallest absolute Gasteiger partial charge is 0.0936 e. The zero-order valence-electron chi connectivity index (χ0n) is 31.5. The molecule has 54 heavy (non-hydrogen) atoms. The molecule has 4 heteroatoms. The Labute approximate surface area is 326 Å². The predicted octanol–water partition coefficient (Wildman–Crippen LogP) is 12.6. The first-order valence-electron chi connectivity index (χ1n) is 21.2. The first-order chi connectivity index (χ1) is 26.6. The monoisotopic (exact) mass is 744 g/mol. The van der Waals surface area contributed by atoms with E-state index in [0.29, 0.717) is 0 Å². The zero-order chi connectivity index (χ0) is 35.8. The molecule has 274 valence electrons. The molecule has 8 bridgehead atoms. The fourth-order valence-electron chi connectivity index (χ4n) is 13.9. The molecule has 5 aromatic rings. The standard InChI is InChI=1S/C50H54N2P2/c53-50(46-15-7-9-17-51-46,47-16-8-10-18-52-47)45-30-44(37-13-5-2-6-14-37)43(36-11-3-1-4-12-36)29-42(45)31-54(48-38-21-32-19-33(23-38)24-39(48)22-32)49-40-25-34-20-35(27-40)28-41(49)26-34/h1-18,29-30,32-35,38-41,48-49H,19-28,31,53H2. The van der Waals surface area contributed by atoms with Crippen LogP contribution < -0.4 is 0 Å². The predicted molar refractivity (Wildman–Crippen MR) is 228 cm³/mol. The average Bonchev–Trinajstić information content (AvgIpc) is 3.21. The molecule has 8 saturated carbocycles. The summed E-state index contributed by atoms with van der Waals surface area (Å²) in [6.45, 7) is 0. The van der Waals surface area contributed by atoms with Crippen LogP contribution in [0.4, 0.5) is 0 Å². The quantitative estimate of drug-likeness (QED) is 0.140. The second-order valence-electron chi connectivity index (χ2n) is 18.5. The van der Waals surface area contributed by atoms with Gasteiger partial charge < -0.3 is 0 Å². The van der Waals surface area contributed by atoms with E-state index in [4.69, 9.17) is 9.97 Å². The first-order valence-corrected chi connectivity index (χ1v) is 23.5. The number of nitrogens with zero attached hydrogens (tertiary/aromatic N) is 2. The van der Waals surface area contributed by atoms with Gasteiger partial charge in [0, 0.05) is 12.4 Å². The summed E-state index contributed by atoms with van der Waals surface area (Å²) in [6.07, 6.45) is 20.4. The summed E-state index contributed by atoms with van der Waals surface area (Å²) in [5.74, 6) is 7.87. The van der Waals surface area contributed by atoms with E-state index in [9.17, 15) is 0 Å². The van der Waals surface area contributed by atoms with Gasteiger partial charge in [0.05, 0.1) is 16.5 Å². The molecule has 0 aliphatic heterocycles. The van der Waals surface area contributed by atoms with Gasteiger partial charge in [-0.2, -0.15) is 0 Å². The van der Waals surface area contributed by atoms with E-state index in [2.05, 4.69) is 118 Å². The number of aromatic nitrogens is 2. The molecule has 0 radical (unpaired) electrons. The number of rotatable bonds is 9. The Hall–Kier alpha value is -3.18. The van der Waals surface area contributed by atoms with Crippen molar-refractivity contribution in [3.63, 3.8) is 0 Å². The summed E-state index contributed by atoms with van der Waals surface area (Å²) in [4.78, 5) is 10.3. The maximum Gasteiger partial charge on any atom is 0.0936 e. The highest BCUT2D eigenvalue weighted by Crippen LogP contribution is 2.72. The van der Waals surface area contributed by atoms with Crippen LogP contribution in [0.2, 0.25) is 0 Å². The summed E-state index contributed by atoms with van der Waals surface area (Å²) in [5.41, 5.74) is 12.1. The molecule has 8 fully saturated rings. The Kier molecular flexibility index (Phi) is 8.70. The first kappa shape index (κ1) is 34.1. The van der Waals surface area contributed by atoms with E-state index in [0.717, 1.165) is 70.0 Å². The van der Waals surface area contributed by atoms with Gasteiger partial charge in [0.25, 0.3) is 0 Å². The Morgan fingerprint density at radius 1 is 0.500 bits per heavy atom. The third kappa shape index (κ3) is 5.79. The van der Waals surface area contributed by atoms with Crippen molar-refractivity contribution in [1.29, 1.82) is 0 Å². The fourth-order valence-corrected chi connectivity index (χ4v) is 19.2. The maximum absolute atomic E-state index is 5.15. The van der Waals surface area contributed by atoms with Crippen LogP contribution in [0.3, 0.4) is 0 Å². The van der Waals surface area contributed by atoms with Crippen molar-refractivity contribution in [2.45, 2.75) is 86.8 Å². The zero-order valence-corrected chi connectivity index (χ0v) is 33.6. The van der Waals surface area contributed by atoms with E-state index in [1.165, 1.54) is 98.2 Å². The SMILES string of the molecule is PC(c1ccccn1)(c1ccccn1)c1cc(-c2ccccc2)c(-c2ccccc2)cc1CP(C1C2CC3CC(C2)CC1C3)C1C2CC3CC(C2)CC1C3. The summed E-state index contributed by atoms with van der Waals surface area (Å²) < 4.78 is 0. The molecule has 0 spiro atoms. The minimum Gasteiger partial charge on any atom is -0.260 e. The lowest BCUT2D eigenvalue weighted by Gasteiger charge is -2.62. The van der Waals surface area contributed by atoms with Crippen LogP contribution in [0.25, 0.3) is 22.3 Å². The van der Waals surface area contributed by atoms with Crippen LogP contribution in [0.5, 0.6) is 0 Å². The van der Waals surface area contributed by atoms with Gasteiger partial charge in [0.15, 0.2) is 0 Å². The molecule has 2 aromatic heterocycles. The van der Waals surface area contributed by atoms with Gasteiger partial charge in [0.2, 0.25) is 0 Å². The highest BCUT2D eigenvalue weighted by Gasteiger charge is 2.57. The van der Waals surface area contributed by atoms with Crippen molar-refractivity contribution in [2.75, 3.05) is 0 Å². The van der Waals surface area contributed by atoms with Crippen molar-refractivity contribution < 1.29 is 0 Å². The van der Waals surface area contributed by atoms with Crippen LogP contribution in [0.15, 0.2) is 122 Å². The lowest BCUT2D eigenvalue weighted by Crippen LogP contribution is -2.52. The third-order valence-corrected chi connectivity index (χ3v) is 20.3. The molecule has 13 rings (SSSR count). The van der Waals surface area contributed by atoms with Crippen molar-refractivity contribution in [1.82, 2.24) is 9.97 Å². The van der Waals surface area contributed by atoms with Crippen molar-refractivity contribution in [2.24, 2.45) is 47.3 Å². The van der Waals surface area contributed by atoms with E-state index in [1.807, 2.05) is 12.4 Å². The Bertz CT molecular complexity index is 1960. The minimum atomic E-state index is -0.592.